The largest absolute Gasteiger partial charge is 0.492 e. The van der Waals surface area contributed by atoms with Crippen molar-refractivity contribution in [1.29, 1.82) is 0 Å². The van der Waals surface area contributed by atoms with Gasteiger partial charge in [-0.15, -0.1) is 0 Å². The predicted molar refractivity (Wildman–Crippen MR) is 99.2 cm³/mol. The maximum Gasteiger partial charge on any atom is 0.142 e. The van der Waals surface area contributed by atoms with Crippen LogP contribution in [-0.2, 0) is 6.54 Å². The van der Waals surface area contributed by atoms with E-state index >= 15 is 0 Å². The number of rotatable bonds is 7. The number of hydrogen-bond acceptors (Lipinski definition) is 6. The second kappa shape index (κ2) is 8.10. The van der Waals surface area contributed by atoms with Gasteiger partial charge < -0.3 is 15.4 Å². The summed E-state index contributed by atoms with van der Waals surface area (Å²) in [5.41, 5.74) is 1.83. The van der Waals surface area contributed by atoms with E-state index in [1.807, 2.05) is 62.4 Å². The number of aryl methyl sites for hydroxylation is 1. The highest BCUT2D eigenvalue weighted by atomic mass is 16.5. The maximum atomic E-state index is 5.65. The molecular weight excluding hydrogens is 314 g/mol. The number of anilines is 3. The standard InChI is InChI=1S/C19H21N5O/c1-3-25-17-10-5-4-9-16(17)24-19-12-18(22-14(2)23-19)21-13-15-8-6-7-11-20-15/h4-12H,3,13H2,1-2H3,(H2,21,22,23,24). The monoisotopic (exact) mass is 335 g/mol. The minimum absolute atomic E-state index is 0.603. The molecule has 0 atom stereocenters. The van der Waals surface area contributed by atoms with E-state index in [0.29, 0.717) is 24.8 Å². The minimum Gasteiger partial charge on any atom is -0.492 e. The third-order valence-electron chi connectivity index (χ3n) is 3.46. The van der Waals surface area contributed by atoms with Gasteiger partial charge >= 0.3 is 0 Å². The molecule has 0 aliphatic heterocycles. The smallest absolute Gasteiger partial charge is 0.142 e. The Hall–Kier alpha value is -3.15. The quantitative estimate of drug-likeness (QED) is 0.681. The fourth-order valence-corrected chi connectivity index (χ4v) is 2.40. The van der Waals surface area contributed by atoms with Gasteiger partial charge in [0.2, 0.25) is 0 Å². The Morgan fingerprint density at radius 1 is 1.00 bits per heavy atom. The van der Waals surface area contributed by atoms with Gasteiger partial charge in [0.15, 0.2) is 0 Å². The molecule has 0 aliphatic rings. The van der Waals surface area contributed by atoms with Crippen molar-refractivity contribution >= 4 is 17.3 Å². The van der Waals surface area contributed by atoms with Gasteiger partial charge in [0, 0.05) is 12.3 Å². The number of pyridine rings is 1. The van der Waals surface area contributed by atoms with Gasteiger partial charge in [-0.25, -0.2) is 9.97 Å². The van der Waals surface area contributed by atoms with Crippen LogP contribution in [0.3, 0.4) is 0 Å². The fourth-order valence-electron chi connectivity index (χ4n) is 2.40. The SMILES string of the molecule is CCOc1ccccc1Nc1cc(NCc2ccccn2)nc(C)n1. The van der Waals surface area contributed by atoms with E-state index in [4.69, 9.17) is 4.74 Å². The van der Waals surface area contributed by atoms with E-state index in [2.05, 4.69) is 25.6 Å². The van der Waals surface area contributed by atoms with Gasteiger partial charge in [-0.2, -0.15) is 0 Å². The van der Waals surface area contributed by atoms with E-state index < -0.39 is 0 Å². The van der Waals surface area contributed by atoms with Gasteiger partial charge in [-0.05, 0) is 38.1 Å². The first kappa shape index (κ1) is 16.7. The van der Waals surface area contributed by atoms with Gasteiger partial charge in [0.1, 0.15) is 23.2 Å². The summed E-state index contributed by atoms with van der Waals surface area (Å²) in [6.45, 7) is 5.04. The van der Waals surface area contributed by atoms with Crippen molar-refractivity contribution in [1.82, 2.24) is 15.0 Å². The van der Waals surface area contributed by atoms with Crippen LogP contribution >= 0.6 is 0 Å². The number of benzene rings is 1. The van der Waals surface area contributed by atoms with Crippen LogP contribution in [0.2, 0.25) is 0 Å². The summed E-state index contributed by atoms with van der Waals surface area (Å²) < 4.78 is 5.65. The molecule has 1 aromatic carbocycles. The number of aromatic nitrogens is 3. The van der Waals surface area contributed by atoms with Crippen molar-refractivity contribution in [2.24, 2.45) is 0 Å². The molecule has 6 heteroatoms. The van der Waals surface area contributed by atoms with E-state index in [0.717, 1.165) is 22.9 Å². The first-order valence-electron chi connectivity index (χ1n) is 8.23. The van der Waals surface area contributed by atoms with Crippen molar-refractivity contribution in [3.8, 4) is 5.75 Å². The molecule has 6 nitrogen and oxygen atoms in total. The molecule has 2 heterocycles. The zero-order chi connectivity index (χ0) is 17.5. The molecular formula is C19H21N5O. The molecule has 0 bridgehead atoms. The van der Waals surface area contributed by atoms with Crippen molar-refractivity contribution in [2.75, 3.05) is 17.2 Å². The van der Waals surface area contributed by atoms with Crippen LogP contribution in [0.4, 0.5) is 17.3 Å². The second-order valence-corrected chi connectivity index (χ2v) is 5.41. The molecule has 0 amide bonds. The summed E-state index contributed by atoms with van der Waals surface area (Å²) in [5, 5.41) is 6.59. The molecule has 0 spiro atoms. The lowest BCUT2D eigenvalue weighted by molar-refractivity contribution is 0.342. The number of para-hydroxylation sites is 2. The van der Waals surface area contributed by atoms with Crippen LogP contribution in [0.1, 0.15) is 18.4 Å². The lowest BCUT2D eigenvalue weighted by Gasteiger charge is -2.13. The van der Waals surface area contributed by atoms with E-state index in [1.54, 1.807) is 6.20 Å². The van der Waals surface area contributed by atoms with Crippen molar-refractivity contribution in [2.45, 2.75) is 20.4 Å². The first-order valence-corrected chi connectivity index (χ1v) is 8.23. The second-order valence-electron chi connectivity index (χ2n) is 5.41. The highest BCUT2D eigenvalue weighted by Crippen LogP contribution is 2.27. The predicted octanol–water partition coefficient (Wildman–Crippen LogP) is 3.93. The van der Waals surface area contributed by atoms with Crippen LogP contribution in [0, 0.1) is 6.92 Å². The molecule has 0 saturated carbocycles. The average molecular weight is 335 g/mol. The highest BCUT2D eigenvalue weighted by molar-refractivity contribution is 5.65. The summed E-state index contributed by atoms with van der Waals surface area (Å²) >= 11 is 0. The zero-order valence-corrected chi connectivity index (χ0v) is 14.4. The molecule has 0 saturated heterocycles. The van der Waals surface area contributed by atoms with Crippen molar-refractivity contribution in [3.63, 3.8) is 0 Å². The Kier molecular flexibility index (Phi) is 5.41. The molecule has 3 aromatic rings. The summed E-state index contributed by atoms with van der Waals surface area (Å²) in [6.07, 6.45) is 1.78. The van der Waals surface area contributed by atoms with Crippen LogP contribution in [0.15, 0.2) is 54.7 Å². The Labute approximate surface area is 147 Å². The lowest BCUT2D eigenvalue weighted by Crippen LogP contribution is -2.06. The van der Waals surface area contributed by atoms with E-state index in [-0.39, 0.29) is 0 Å². The van der Waals surface area contributed by atoms with E-state index in [1.165, 1.54) is 0 Å². The Bertz CT molecular complexity index is 823. The molecule has 0 radical (unpaired) electrons. The topological polar surface area (TPSA) is 72.0 Å². The van der Waals surface area contributed by atoms with E-state index in [9.17, 15) is 0 Å². The summed E-state index contributed by atoms with van der Waals surface area (Å²) in [6, 6.07) is 15.5. The van der Waals surface area contributed by atoms with Gasteiger partial charge in [0.25, 0.3) is 0 Å². The molecule has 0 aliphatic carbocycles. The Morgan fingerprint density at radius 2 is 1.80 bits per heavy atom. The number of nitrogens with one attached hydrogen (secondary N) is 2. The molecule has 3 rings (SSSR count). The third kappa shape index (κ3) is 4.67. The summed E-state index contributed by atoms with van der Waals surface area (Å²) in [4.78, 5) is 13.2. The molecule has 25 heavy (non-hydrogen) atoms. The van der Waals surface area contributed by atoms with Crippen molar-refractivity contribution in [3.05, 3.63) is 66.2 Å². The Morgan fingerprint density at radius 3 is 2.60 bits per heavy atom. The highest BCUT2D eigenvalue weighted by Gasteiger charge is 2.06. The number of nitrogens with zero attached hydrogens (tertiary/aromatic N) is 3. The first-order chi connectivity index (χ1) is 12.2. The van der Waals surface area contributed by atoms with Crippen LogP contribution in [-0.4, -0.2) is 21.6 Å². The van der Waals surface area contributed by atoms with Crippen LogP contribution in [0.25, 0.3) is 0 Å². The molecule has 2 N–H and O–H groups in total. The van der Waals surface area contributed by atoms with Gasteiger partial charge in [-0.1, -0.05) is 18.2 Å². The third-order valence-corrected chi connectivity index (χ3v) is 3.46. The van der Waals surface area contributed by atoms with Gasteiger partial charge in [0.05, 0.1) is 24.5 Å². The summed E-state index contributed by atoms with van der Waals surface area (Å²) in [5.74, 6) is 2.93. The van der Waals surface area contributed by atoms with Crippen LogP contribution in [0.5, 0.6) is 5.75 Å². The van der Waals surface area contributed by atoms with Crippen LogP contribution < -0.4 is 15.4 Å². The number of hydrogen-bond donors (Lipinski definition) is 2. The lowest BCUT2D eigenvalue weighted by atomic mass is 10.3. The minimum atomic E-state index is 0.603. The summed E-state index contributed by atoms with van der Waals surface area (Å²) in [7, 11) is 0. The maximum absolute atomic E-state index is 5.65. The molecule has 2 aromatic heterocycles. The number of ether oxygens (including phenoxy) is 1. The molecule has 0 fully saturated rings. The Balaban J connectivity index is 1.75. The zero-order valence-electron chi connectivity index (χ0n) is 14.4. The van der Waals surface area contributed by atoms with Crippen molar-refractivity contribution < 1.29 is 4.74 Å². The average Bonchev–Trinajstić information content (AvgIpc) is 2.62. The molecule has 0 unspecified atom stereocenters. The normalized spacial score (nSPS) is 10.3. The molecule has 128 valence electrons. The fraction of sp³-hybridized carbons (Fsp3) is 0.211. The van der Waals surface area contributed by atoms with Gasteiger partial charge in [-0.3, -0.25) is 4.98 Å².